The van der Waals surface area contributed by atoms with Crippen LogP contribution in [0.2, 0.25) is 0 Å². The van der Waals surface area contributed by atoms with E-state index in [-0.39, 0.29) is 46.3 Å². The molecular formula is C33H27N3O7S2. The third-order valence-electron chi connectivity index (χ3n) is 9.73. The quantitative estimate of drug-likeness (QED) is 0.255. The number of aromatic amines is 1. The van der Waals surface area contributed by atoms with Crippen LogP contribution >= 0.6 is 23.1 Å². The van der Waals surface area contributed by atoms with Crippen molar-refractivity contribution in [2.45, 2.75) is 22.6 Å². The van der Waals surface area contributed by atoms with Crippen molar-refractivity contribution in [3.05, 3.63) is 86.8 Å². The number of H-pyrrole nitrogens is 1. The fourth-order valence-electron chi connectivity index (χ4n) is 8.15. The van der Waals surface area contributed by atoms with Gasteiger partial charge >= 0.3 is 10.8 Å². The van der Waals surface area contributed by atoms with Crippen molar-refractivity contribution in [3.63, 3.8) is 0 Å². The van der Waals surface area contributed by atoms with Gasteiger partial charge in [-0.2, -0.15) is 0 Å². The maximum Gasteiger partial charge on any atom is 0.323 e. The van der Waals surface area contributed by atoms with E-state index >= 15 is 0 Å². The van der Waals surface area contributed by atoms with Crippen LogP contribution in [0, 0.1) is 29.6 Å². The number of amides is 3. The predicted octanol–water partition coefficient (Wildman–Crippen LogP) is 4.17. The van der Waals surface area contributed by atoms with Gasteiger partial charge in [0, 0.05) is 21.7 Å². The third kappa shape index (κ3) is 4.57. The number of aromatic nitrogens is 1. The summed E-state index contributed by atoms with van der Waals surface area (Å²) < 4.78 is 5.93. The molecule has 12 heteroatoms. The SMILES string of the molecule is O=C(O)CN1C(=O)C2C3CC(C2C1=O)C1C3Sc2[nH]c(=O)sc2[C@@H]1c1cccc(OCC(=O)Nc2ccc3ccccc3c2)c1. The number of rotatable bonds is 7. The van der Waals surface area contributed by atoms with Crippen LogP contribution in [0.1, 0.15) is 22.8 Å². The van der Waals surface area contributed by atoms with E-state index in [4.69, 9.17) is 4.74 Å². The smallest absolute Gasteiger partial charge is 0.323 e. The molecule has 10 nitrogen and oxygen atoms in total. The third-order valence-corrected chi connectivity index (χ3v) is 12.3. The van der Waals surface area contributed by atoms with Gasteiger partial charge in [-0.25, -0.2) is 0 Å². The molecule has 6 unspecified atom stereocenters. The van der Waals surface area contributed by atoms with Crippen molar-refractivity contribution >= 4 is 63.2 Å². The maximum absolute atomic E-state index is 13.4. The summed E-state index contributed by atoms with van der Waals surface area (Å²) >= 11 is 2.72. The molecule has 2 aliphatic heterocycles. The number of carboxylic acid groups (broad SMARTS) is 1. The van der Waals surface area contributed by atoms with Crippen LogP contribution in [-0.2, 0) is 19.2 Å². The number of nitrogens with one attached hydrogen (secondary N) is 2. The lowest BCUT2D eigenvalue weighted by Crippen LogP contribution is -2.42. The Morgan fingerprint density at radius 2 is 1.73 bits per heavy atom. The average molecular weight is 642 g/mol. The molecule has 3 aromatic carbocycles. The summed E-state index contributed by atoms with van der Waals surface area (Å²) in [6, 6.07) is 21.1. The highest BCUT2D eigenvalue weighted by molar-refractivity contribution is 8.00. The van der Waals surface area contributed by atoms with Gasteiger partial charge in [-0.05, 0) is 64.8 Å². The van der Waals surface area contributed by atoms with E-state index < -0.39 is 36.2 Å². The number of ether oxygens (including phenoxy) is 1. The Morgan fingerprint density at radius 3 is 2.53 bits per heavy atom. The molecule has 3 heterocycles. The highest BCUT2D eigenvalue weighted by Gasteiger charge is 2.69. The maximum atomic E-state index is 13.4. The van der Waals surface area contributed by atoms with Gasteiger partial charge in [-0.3, -0.25) is 28.9 Å². The number of likely N-dealkylation sites (tertiary alicyclic amines) is 1. The van der Waals surface area contributed by atoms with E-state index in [9.17, 15) is 29.1 Å². The minimum absolute atomic E-state index is 0.0159. The highest BCUT2D eigenvalue weighted by Crippen LogP contribution is 2.68. The molecule has 4 aromatic rings. The predicted molar refractivity (Wildman–Crippen MR) is 167 cm³/mol. The molecule has 228 valence electrons. The molecule has 4 aliphatic rings. The van der Waals surface area contributed by atoms with Gasteiger partial charge in [0.2, 0.25) is 11.8 Å². The number of carboxylic acids is 1. The molecule has 3 N–H and O–H groups in total. The second kappa shape index (κ2) is 10.6. The molecule has 3 fully saturated rings. The van der Waals surface area contributed by atoms with Gasteiger partial charge in [-0.15, -0.1) is 11.8 Å². The Balaban J connectivity index is 1.05. The zero-order valence-corrected chi connectivity index (χ0v) is 25.3. The Morgan fingerprint density at radius 1 is 0.956 bits per heavy atom. The van der Waals surface area contributed by atoms with Gasteiger partial charge in [-0.1, -0.05) is 53.8 Å². The number of aliphatic carboxylic acids is 1. The van der Waals surface area contributed by atoms with E-state index in [1.54, 1.807) is 17.8 Å². The van der Waals surface area contributed by atoms with Gasteiger partial charge in [0.1, 0.15) is 12.3 Å². The van der Waals surface area contributed by atoms with Crippen molar-refractivity contribution in [2.75, 3.05) is 18.5 Å². The Labute approximate surface area is 264 Å². The number of benzene rings is 3. The van der Waals surface area contributed by atoms with Crippen LogP contribution in [0.15, 0.2) is 76.6 Å². The zero-order valence-electron chi connectivity index (χ0n) is 23.7. The average Bonchev–Trinajstić information content (AvgIpc) is 3.76. The van der Waals surface area contributed by atoms with Gasteiger partial charge in [0.25, 0.3) is 5.91 Å². The number of fused-ring (bicyclic) bond motifs is 10. The van der Waals surface area contributed by atoms with Crippen LogP contribution in [0.25, 0.3) is 10.8 Å². The number of imide groups is 1. The molecule has 2 aliphatic carbocycles. The number of nitrogens with zero attached hydrogens (tertiary/aromatic N) is 1. The number of anilines is 1. The van der Waals surface area contributed by atoms with Crippen molar-refractivity contribution < 1.29 is 29.0 Å². The van der Waals surface area contributed by atoms with Crippen molar-refractivity contribution in [1.29, 1.82) is 0 Å². The summed E-state index contributed by atoms with van der Waals surface area (Å²) in [4.78, 5) is 68.1. The van der Waals surface area contributed by atoms with Crippen molar-refractivity contribution in [2.24, 2.45) is 29.6 Å². The summed E-state index contributed by atoms with van der Waals surface area (Å²) in [5.74, 6) is -3.36. The molecule has 45 heavy (non-hydrogen) atoms. The molecule has 0 radical (unpaired) electrons. The monoisotopic (exact) mass is 641 g/mol. The summed E-state index contributed by atoms with van der Waals surface area (Å²) in [5, 5.41) is 15.1. The first-order chi connectivity index (χ1) is 21.8. The molecule has 2 saturated carbocycles. The number of carbonyl (C=O) groups is 4. The molecular weight excluding hydrogens is 615 g/mol. The summed E-state index contributed by atoms with van der Waals surface area (Å²) in [6.07, 6.45) is 0.705. The van der Waals surface area contributed by atoms with Crippen molar-refractivity contribution in [1.82, 2.24) is 9.88 Å². The largest absolute Gasteiger partial charge is 0.484 e. The van der Waals surface area contributed by atoms with Crippen LogP contribution in [-0.4, -0.2) is 57.1 Å². The molecule has 0 spiro atoms. The van der Waals surface area contributed by atoms with Crippen LogP contribution in [0.3, 0.4) is 0 Å². The lowest BCUT2D eigenvalue weighted by molar-refractivity contribution is -0.149. The molecule has 7 atom stereocenters. The summed E-state index contributed by atoms with van der Waals surface area (Å²) in [7, 11) is 0. The number of carbonyl (C=O) groups excluding carboxylic acids is 3. The lowest BCUT2D eigenvalue weighted by atomic mass is 9.68. The van der Waals surface area contributed by atoms with Gasteiger partial charge in [0.05, 0.1) is 16.9 Å². The first-order valence-corrected chi connectivity index (χ1v) is 16.4. The first kappa shape index (κ1) is 28.1. The summed E-state index contributed by atoms with van der Waals surface area (Å²) in [5.41, 5.74) is 1.57. The van der Waals surface area contributed by atoms with E-state index in [1.165, 1.54) is 0 Å². The zero-order chi connectivity index (χ0) is 31.0. The second-order valence-corrected chi connectivity index (χ2v) is 14.3. The van der Waals surface area contributed by atoms with Crippen LogP contribution in [0.4, 0.5) is 5.69 Å². The summed E-state index contributed by atoms with van der Waals surface area (Å²) in [6.45, 7) is -0.819. The molecule has 1 aromatic heterocycles. The van der Waals surface area contributed by atoms with Crippen LogP contribution < -0.4 is 14.9 Å². The number of hydrogen-bond donors (Lipinski definition) is 3. The van der Waals surface area contributed by atoms with E-state index in [2.05, 4.69) is 10.3 Å². The van der Waals surface area contributed by atoms with E-state index in [1.807, 2.05) is 60.7 Å². The first-order valence-electron chi connectivity index (χ1n) is 14.7. The molecule has 8 rings (SSSR count). The van der Waals surface area contributed by atoms with E-state index in [0.29, 0.717) is 17.9 Å². The fraction of sp³-hybridized carbons (Fsp3) is 0.303. The van der Waals surface area contributed by atoms with Gasteiger partial charge in [0.15, 0.2) is 6.61 Å². The standard InChI is InChI=1S/C33H27N3O7S2/c37-22(34-18-9-8-15-4-1-2-5-16(15)10-18)14-43-19-7-3-6-17(11-19)24-25-20-12-21(28(25)44-30-29(24)45-33(42)35-30)27-26(20)31(40)36(32(27)41)13-23(38)39/h1-11,20-21,24-28H,12-14H2,(H,34,37)(H,35,42)(H,38,39)/t20?,21?,24-,25?,26?,27?,28?/m1/s1. The minimum atomic E-state index is -1.21. The van der Waals surface area contributed by atoms with Crippen LogP contribution in [0.5, 0.6) is 5.75 Å². The number of hydrogen-bond acceptors (Lipinski definition) is 8. The number of thiazole rings is 1. The van der Waals surface area contributed by atoms with Crippen molar-refractivity contribution in [3.8, 4) is 5.75 Å². The normalized spacial score (nSPS) is 27.7. The number of thioether (sulfide) groups is 1. The van der Waals surface area contributed by atoms with E-state index in [0.717, 1.165) is 42.5 Å². The molecule has 3 amide bonds. The minimum Gasteiger partial charge on any atom is -0.484 e. The fourth-order valence-corrected chi connectivity index (χ4v) is 11.0. The topological polar surface area (TPSA) is 146 Å². The molecule has 1 saturated heterocycles. The lowest BCUT2D eigenvalue weighted by Gasteiger charge is -2.43. The van der Waals surface area contributed by atoms with Gasteiger partial charge < -0.3 is 20.1 Å². The highest BCUT2D eigenvalue weighted by atomic mass is 32.2. The Kier molecular flexibility index (Phi) is 6.61. The Bertz CT molecular complexity index is 1970. The Hall–Kier alpha value is -4.42. The second-order valence-electron chi connectivity index (χ2n) is 12.1. The molecule has 2 bridgehead atoms.